The van der Waals surface area contributed by atoms with Gasteiger partial charge in [0.1, 0.15) is 0 Å². The number of unbranched alkanes of at least 4 members (excludes halogenated alkanes) is 2. The van der Waals surface area contributed by atoms with Gasteiger partial charge in [0.15, 0.2) is 0 Å². The quantitative estimate of drug-likeness (QED) is 0.282. The fourth-order valence-corrected chi connectivity index (χ4v) is 3.66. The molecule has 0 spiro atoms. The molecular formula is C34H52. The van der Waals surface area contributed by atoms with Gasteiger partial charge in [-0.2, -0.15) is 0 Å². The maximum Gasteiger partial charge on any atom is -0.00258 e. The molecule has 34 heavy (non-hydrogen) atoms. The Morgan fingerprint density at radius 2 is 0.559 bits per heavy atom. The summed E-state index contributed by atoms with van der Waals surface area (Å²) in [5.41, 5.74) is 8.49. The molecule has 0 radical (unpaired) electrons. The SMILES string of the molecule is CC.CC.CC.CCCCc1ccc(Cc2ccc(Cc3ccc(CCCC)cc3)cc2)cc1. The first-order valence-corrected chi connectivity index (χ1v) is 14.0. The molecule has 3 rings (SSSR count). The van der Waals surface area contributed by atoms with Crippen LogP contribution < -0.4 is 0 Å². The fourth-order valence-electron chi connectivity index (χ4n) is 3.66. The molecule has 0 unspecified atom stereocenters. The van der Waals surface area contributed by atoms with Gasteiger partial charge in [0.05, 0.1) is 0 Å². The van der Waals surface area contributed by atoms with Gasteiger partial charge in [-0.15, -0.1) is 0 Å². The first-order valence-electron chi connectivity index (χ1n) is 14.0. The first-order chi connectivity index (χ1) is 16.8. The van der Waals surface area contributed by atoms with Gasteiger partial charge in [-0.1, -0.05) is 141 Å². The van der Waals surface area contributed by atoms with Gasteiger partial charge in [0, 0.05) is 0 Å². The smallest absolute Gasteiger partial charge is 0.00258 e. The van der Waals surface area contributed by atoms with Crippen LogP contribution in [-0.4, -0.2) is 0 Å². The normalized spacial score (nSPS) is 9.53. The third kappa shape index (κ3) is 12.8. The van der Waals surface area contributed by atoms with E-state index in [1.165, 1.54) is 71.9 Å². The number of hydrogen-bond acceptors (Lipinski definition) is 0. The van der Waals surface area contributed by atoms with Crippen molar-refractivity contribution in [1.82, 2.24) is 0 Å². The number of hydrogen-bond donors (Lipinski definition) is 0. The molecule has 0 bridgehead atoms. The molecular weight excluding hydrogens is 408 g/mol. The molecule has 188 valence electrons. The largest absolute Gasteiger partial charge is 0.0683 e. The molecule has 0 aliphatic rings. The summed E-state index contributed by atoms with van der Waals surface area (Å²) in [6.07, 6.45) is 9.51. The van der Waals surface area contributed by atoms with Crippen LogP contribution in [0.2, 0.25) is 0 Å². The minimum Gasteiger partial charge on any atom is -0.0683 e. The minimum absolute atomic E-state index is 1.01. The molecule has 0 saturated heterocycles. The van der Waals surface area contributed by atoms with E-state index >= 15 is 0 Å². The van der Waals surface area contributed by atoms with E-state index in [9.17, 15) is 0 Å². The van der Waals surface area contributed by atoms with Gasteiger partial charge < -0.3 is 0 Å². The van der Waals surface area contributed by atoms with E-state index in [1.807, 2.05) is 41.5 Å². The Morgan fingerprint density at radius 1 is 0.353 bits per heavy atom. The second-order valence-electron chi connectivity index (χ2n) is 8.01. The Bertz CT molecular complexity index is 735. The molecule has 0 aliphatic heterocycles. The first kappa shape index (κ1) is 31.7. The standard InChI is InChI=1S/C28H34.3C2H6/c1-3-5-7-23-9-13-25(14-10-23)21-27-17-19-28(20-18-27)22-26-15-11-24(12-16-26)8-6-4-2;3*1-2/h9-20H,3-8,21-22H2,1-2H3;3*1-2H3. The third-order valence-electron chi connectivity index (χ3n) is 5.52. The molecule has 3 aromatic rings. The van der Waals surface area contributed by atoms with Crippen molar-refractivity contribution in [3.8, 4) is 0 Å². The van der Waals surface area contributed by atoms with Crippen LogP contribution in [0.4, 0.5) is 0 Å². The predicted molar refractivity (Wildman–Crippen MR) is 156 cm³/mol. The molecule has 3 aromatic carbocycles. The number of benzene rings is 3. The highest BCUT2D eigenvalue weighted by Gasteiger charge is 2.01. The average molecular weight is 461 g/mol. The zero-order valence-electron chi connectivity index (χ0n) is 23.6. The molecule has 0 heteroatoms. The Balaban J connectivity index is 0.00000168. The van der Waals surface area contributed by atoms with E-state index in [-0.39, 0.29) is 0 Å². The van der Waals surface area contributed by atoms with Crippen molar-refractivity contribution in [2.24, 2.45) is 0 Å². The van der Waals surface area contributed by atoms with E-state index in [0.717, 1.165) is 12.8 Å². The fraction of sp³-hybridized carbons (Fsp3) is 0.471. The van der Waals surface area contributed by atoms with Crippen LogP contribution in [0.5, 0.6) is 0 Å². The lowest BCUT2D eigenvalue weighted by atomic mass is 9.98. The van der Waals surface area contributed by atoms with Crippen LogP contribution >= 0.6 is 0 Å². The highest BCUT2D eigenvalue weighted by Crippen LogP contribution is 2.16. The summed E-state index contributed by atoms with van der Waals surface area (Å²) in [6, 6.07) is 27.5. The Hall–Kier alpha value is -2.34. The van der Waals surface area contributed by atoms with Crippen LogP contribution in [0.15, 0.2) is 72.8 Å². The molecule has 0 heterocycles. The lowest BCUT2D eigenvalue weighted by Gasteiger charge is -2.07. The van der Waals surface area contributed by atoms with E-state index in [4.69, 9.17) is 0 Å². The van der Waals surface area contributed by atoms with Crippen LogP contribution in [0, 0.1) is 0 Å². The summed E-state index contributed by atoms with van der Waals surface area (Å²) < 4.78 is 0. The monoisotopic (exact) mass is 460 g/mol. The van der Waals surface area contributed by atoms with E-state index in [1.54, 1.807) is 0 Å². The van der Waals surface area contributed by atoms with Crippen LogP contribution in [0.25, 0.3) is 0 Å². The molecule has 0 fully saturated rings. The van der Waals surface area contributed by atoms with Gasteiger partial charge in [0.25, 0.3) is 0 Å². The predicted octanol–water partition coefficient (Wildman–Crippen LogP) is 10.6. The van der Waals surface area contributed by atoms with E-state index in [2.05, 4.69) is 86.6 Å². The highest BCUT2D eigenvalue weighted by atomic mass is 14.1. The zero-order chi connectivity index (χ0) is 25.6. The zero-order valence-corrected chi connectivity index (χ0v) is 23.6. The maximum absolute atomic E-state index is 2.30. The number of rotatable bonds is 10. The van der Waals surface area contributed by atoms with Gasteiger partial charge in [-0.05, 0) is 71.9 Å². The summed E-state index contributed by atoms with van der Waals surface area (Å²) >= 11 is 0. The van der Waals surface area contributed by atoms with Crippen LogP contribution in [0.3, 0.4) is 0 Å². The highest BCUT2D eigenvalue weighted by molar-refractivity contribution is 5.33. The van der Waals surface area contributed by atoms with Crippen molar-refractivity contribution in [3.05, 3.63) is 106 Å². The summed E-state index contributed by atoms with van der Waals surface area (Å²) in [5.74, 6) is 0. The van der Waals surface area contributed by atoms with Crippen molar-refractivity contribution in [1.29, 1.82) is 0 Å². The van der Waals surface area contributed by atoms with Crippen LogP contribution in [0.1, 0.15) is 114 Å². The maximum atomic E-state index is 2.30. The Kier molecular flexibility index (Phi) is 19.8. The molecule has 0 nitrogen and oxygen atoms in total. The summed E-state index contributed by atoms with van der Waals surface area (Å²) in [4.78, 5) is 0. The Morgan fingerprint density at radius 3 is 0.765 bits per heavy atom. The van der Waals surface area contributed by atoms with Crippen molar-refractivity contribution in [2.75, 3.05) is 0 Å². The van der Waals surface area contributed by atoms with Crippen LogP contribution in [-0.2, 0) is 25.7 Å². The molecule has 0 atom stereocenters. The molecule has 0 aliphatic carbocycles. The molecule has 0 amide bonds. The van der Waals surface area contributed by atoms with Gasteiger partial charge in [-0.3, -0.25) is 0 Å². The second-order valence-corrected chi connectivity index (χ2v) is 8.01. The third-order valence-corrected chi connectivity index (χ3v) is 5.52. The van der Waals surface area contributed by atoms with Gasteiger partial charge in [-0.25, -0.2) is 0 Å². The molecule has 0 aromatic heterocycles. The second kappa shape index (κ2) is 21.2. The topological polar surface area (TPSA) is 0 Å². The summed E-state index contributed by atoms with van der Waals surface area (Å²) in [7, 11) is 0. The van der Waals surface area contributed by atoms with E-state index in [0.29, 0.717) is 0 Å². The summed E-state index contributed by atoms with van der Waals surface area (Å²) in [5, 5.41) is 0. The van der Waals surface area contributed by atoms with Gasteiger partial charge >= 0.3 is 0 Å². The molecule has 0 saturated carbocycles. The average Bonchev–Trinajstić information content (AvgIpc) is 2.92. The number of aryl methyl sites for hydroxylation is 2. The minimum atomic E-state index is 1.01. The van der Waals surface area contributed by atoms with Gasteiger partial charge in [0.2, 0.25) is 0 Å². The van der Waals surface area contributed by atoms with Crippen molar-refractivity contribution < 1.29 is 0 Å². The van der Waals surface area contributed by atoms with Crippen molar-refractivity contribution in [2.45, 2.75) is 107 Å². The van der Waals surface area contributed by atoms with E-state index < -0.39 is 0 Å². The van der Waals surface area contributed by atoms with Crippen molar-refractivity contribution in [3.63, 3.8) is 0 Å². The van der Waals surface area contributed by atoms with Crippen molar-refractivity contribution >= 4 is 0 Å². The lowest BCUT2D eigenvalue weighted by molar-refractivity contribution is 0.795. The molecule has 0 N–H and O–H groups in total. The lowest BCUT2D eigenvalue weighted by Crippen LogP contribution is -1.93. The Labute approximate surface area is 212 Å². The summed E-state index contributed by atoms with van der Waals surface area (Å²) in [6.45, 7) is 16.5.